The summed E-state index contributed by atoms with van der Waals surface area (Å²) in [6.45, 7) is 0. The molecule has 1 aromatic heterocycles. The first kappa shape index (κ1) is 9.38. The van der Waals surface area contributed by atoms with E-state index in [1.165, 1.54) is 12.1 Å². The fourth-order valence-electron chi connectivity index (χ4n) is 1.16. The van der Waals surface area contributed by atoms with Crippen molar-refractivity contribution in [2.45, 2.75) is 0 Å². The van der Waals surface area contributed by atoms with Gasteiger partial charge in [-0.15, -0.1) is 10.2 Å². The van der Waals surface area contributed by atoms with E-state index in [4.69, 9.17) is 11.6 Å². The van der Waals surface area contributed by atoms with Gasteiger partial charge in [-0.2, -0.15) is 0 Å². The minimum absolute atomic E-state index is 0.0236. The fraction of sp³-hybridized carbons (Fsp3) is 0. The van der Waals surface area contributed by atoms with Crippen molar-refractivity contribution in [2.75, 3.05) is 11.6 Å². The summed E-state index contributed by atoms with van der Waals surface area (Å²) >= 11 is 0. The highest BCUT2D eigenvalue weighted by Gasteiger charge is 2.15. The quantitative estimate of drug-likeness (QED) is 0.673. The zero-order valence-electron chi connectivity index (χ0n) is 7.48. The molecule has 0 spiro atoms. The summed E-state index contributed by atoms with van der Waals surface area (Å²) in [5, 5.41) is 6.98. The van der Waals surface area contributed by atoms with Crippen LogP contribution in [-0.2, 0) is 0 Å². The van der Waals surface area contributed by atoms with Crippen molar-refractivity contribution in [3.05, 3.63) is 29.8 Å². The molecule has 78 valence electrons. The number of benzene rings is 1. The van der Waals surface area contributed by atoms with Crippen LogP contribution in [0.5, 0.6) is 0 Å². The molecule has 0 aliphatic heterocycles. The Bertz CT molecular complexity index is 508. The third kappa shape index (κ3) is 1.37. The first-order chi connectivity index (χ1) is 7.11. The van der Waals surface area contributed by atoms with Crippen molar-refractivity contribution in [1.82, 2.24) is 14.9 Å². The SMILES string of the molecule is Nc1nnc(-c2cccc(F)c2F)n1N. The van der Waals surface area contributed by atoms with Crippen molar-refractivity contribution in [1.29, 1.82) is 0 Å². The average molecular weight is 211 g/mol. The second-order valence-corrected chi connectivity index (χ2v) is 2.85. The minimum atomic E-state index is -1.03. The van der Waals surface area contributed by atoms with Crippen LogP contribution in [-0.4, -0.2) is 14.9 Å². The van der Waals surface area contributed by atoms with Crippen LogP contribution in [0.1, 0.15) is 0 Å². The van der Waals surface area contributed by atoms with Gasteiger partial charge >= 0.3 is 0 Å². The molecule has 1 heterocycles. The second kappa shape index (κ2) is 3.19. The largest absolute Gasteiger partial charge is 0.366 e. The molecule has 5 nitrogen and oxygen atoms in total. The zero-order chi connectivity index (χ0) is 11.0. The molecule has 15 heavy (non-hydrogen) atoms. The highest BCUT2D eigenvalue weighted by Crippen LogP contribution is 2.22. The van der Waals surface area contributed by atoms with E-state index in [1.807, 2.05) is 0 Å². The molecule has 0 fully saturated rings. The molecule has 0 saturated carbocycles. The average Bonchev–Trinajstić information content (AvgIpc) is 2.53. The maximum Gasteiger partial charge on any atom is 0.241 e. The number of halogens is 2. The molecule has 0 radical (unpaired) electrons. The van der Waals surface area contributed by atoms with E-state index < -0.39 is 11.6 Å². The Kier molecular flexibility index (Phi) is 2.00. The normalized spacial score (nSPS) is 10.5. The first-order valence-corrected chi connectivity index (χ1v) is 4.01. The highest BCUT2D eigenvalue weighted by molar-refractivity contribution is 5.57. The van der Waals surface area contributed by atoms with Crippen molar-refractivity contribution < 1.29 is 8.78 Å². The molecular formula is C8H7F2N5. The molecule has 0 amide bonds. The molecule has 2 aromatic rings. The fourth-order valence-corrected chi connectivity index (χ4v) is 1.16. The molecule has 7 heteroatoms. The van der Waals surface area contributed by atoms with Crippen LogP contribution in [0.15, 0.2) is 18.2 Å². The van der Waals surface area contributed by atoms with Crippen LogP contribution in [0.2, 0.25) is 0 Å². The highest BCUT2D eigenvalue weighted by atomic mass is 19.2. The van der Waals surface area contributed by atoms with Gasteiger partial charge in [-0.1, -0.05) is 6.07 Å². The van der Waals surface area contributed by atoms with Crippen molar-refractivity contribution in [2.24, 2.45) is 0 Å². The maximum atomic E-state index is 13.3. The van der Waals surface area contributed by atoms with Gasteiger partial charge in [0.1, 0.15) is 0 Å². The number of aromatic nitrogens is 3. The number of nitrogen functional groups attached to an aromatic ring is 2. The van der Waals surface area contributed by atoms with Crippen LogP contribution >= 0.6 is 0 Å². The lowest BCUT2D eigenvalue weighted by atomic mass is 10.2. The van der Waals surface area contributed by atoms with Gasteiger partial charge in [0.2, 0.25) is 5.95 Å². The van der Waals surface area contributed by atoms with Gasteiger partial charge in [-0.05, 0) is 12.1 Å². The standard InChI is InChI=1S/C8H7F2N5/c9-5-3-1-2-4(6(5)10)7-13-14-8(11)15(7)12/h1-3H,12H2,(H2,11,14). The molecule has 0 unspecified atom stereocenters. The van der Waals surface area contributed by atoms with Crippen molar-refractivity contribution in [3.63, 3.8) is 0 Å². The van der Waals surface area contributed by atoms with Gasteiger partial charge < -0.3 is 11.6 Å². The van der Waals surface area contributed by atoms with Crippen molar-refractivity contribution in [3.8, 4) is 11.4 Å². The molecular weight excluding hydrogens is 204 g/mol. The van der Waals surface area contributed by atoms with Gasteiger partial charge in [0.15, 0.2) is 17.5 Å². The van der Waals surface area contributed by atoms with Crippen LogP contribution in [0.25, 0.3) is 11.4 Å². The third-order valence-electron chi connectivity index (χ3n) is 1.91. The first-order valence-electron chi connectivity index (χ1n) is 4.01. The smallest absolute Gasteiger partial charge is 0.241 e. The molecule has 1 aromatic carbocycles. The Hall–Kier alpha value is -2.18. The predicted molar refractivity (Wildman–Crippen MR) is 49.9 cm³/mol. The Balaban J connectivity index is 2.64. The van der Waals surface area contributed by atoms with E-state index in [2.05, 4.69) is 10.2 Å². The summed E-state index contributed by atoms with van der Waals surface area (Å²) in [5.41, 5.74) is 5.23. The maximum absolute atomic E-state index is 13.3. The van der Waals surface area contributed by atoms with E-state index in [1.54, 1.807) is 0 Å². The van der Waals surface area contributed by atoms with Gasteiger partial charge in [0.05, 0.1) is 5.56 Å². The number of nitrogens with zero attached hydrogens (tertiary/aromatic N) is 3. The van der Waals surface area contributed by atoms with E-state index in [-0.39, 0.29) is 17.3 Å². The number of hydrogen-bond acceptors (Lipinski definition) is 4. The molecule has 0 aliphatic rings. The van der Waals surface area contributed by atoms with Gasteiger partial charge in [-0.3, -0.25) is 0 Å². The van der Waals surface area contributed by atoms with Crippen LogP contribution in [0.3, 0.4) is 0 Å². The molecule has 0 saturated heterocycles. The molecule has 0 atom stereocenters. The lowest BCUT2D eigenvalue weighted by molar-refractivity contribution is 0.510. The summed E-state index contributed by atoms with van der Waals surface area (Å²) in [4.78, 5) is 0. The van der Waals surface area contributed by atoms with E-state index in [9.17, 15) is 8.78 Å². The molecule has 0 bridgehead atoms. The van der Waals surface area contributed by atoms with Gasteiger partial charge in [0.25, 0.3) is 0 Å². The summed E-state index contributed by atoms with van der Waals surface area (Å²) < 4.78 is 27.1. The number of anilines is 1. The Labute approximate surface area is 83.3 Å². The van der Waals surface area contributed by atoms with Gasteiger partial charge in [-0.25, -0.2) is 13.5 Å². The van der Waals surface area contributed by atoms with Crippen molar-refractivity contribution >= 4 is 5.95 Å². The summed E-state index contributed by atoms with van der Waals surface area (Å²) in [5.74, 6) is 3.32. The molecule has 2 rings (SSSR count). The monoisotopic (exact) mass is 211 g/mol. The summed E-state index contributed by atoms with van der Waals surface area (Å²) in [6, 6.07) is 3.68. The Morgan fingerprint density at radius 3 is 2.53 bits per heavy atom. The number of nitrogens with two attached hydrogens (primary N) is 2. The second-order valence-electron chi connectivity index (χ2n) is 2.85. The minimum Gasteiger partial charge on any atom is -0.366 e. The van der Waals surface area contributed by atoms with E-state index in [0.717, 1.165) is 10.7 Å². The number of rotatable bonds is 1. The van der Waals surface area contributed by atoms with Crippen LogP contribution in [0, 0.1) is 11.6 Å². The van der Waals surface area contributed by atoms with Gasteiger partial charge in [0, 0.05) is 0 Å². The number of hydrogen-bond donors (Lipinski definition) is 2. The predicted octanol–water partition coefficient (Wildman–Crippen LogP) is 0.519. The van der Waals surface area contributed by atoms with Crippen LogP contribution in [0.4, 0.5) is 14.7 Å². The third-order valence-corrected chi connectivity index (χ3v) is 1.91. The van der Waals surface area contributed by atoms with Crippen LogP contribution < -0.4 is 11.6 Å². The topological polar surface area (TPSA) is 82.8 Å². The van der Waals surface area contributed by atoms with E-state index in [0.29, 0.717) is 0 Å². The summed E-state index contributed by atoms with van der Waals surface area (Å²) in [6.07, 6.45) is 0. The Morgan fingerprint density at radius 1 is 1.20 bits per heavy atom. The Morgan fingerprint density at radius 2 is 1.93 bits per heavy atom. The molecule has 0 aliphatic carbocycles. The summed E-state index contributed by atoms with van der Waals surface area (Å²) in [7, 11) is 0. The zero-order valence-corrected chi connectivity index (χ0v) is 7.48. The van der Waals surface area contributed by atoms with E-state index >= 15 is 0 Å². The lowest BCUT2D eigenvalue weighted by Crippen LogP contribution is -2.13. The lowest BCUT2D eigenvalue weighted by Gasteiger charge is -2.02. The molecule has 4 N–H and O–H groups in total.